The fraction of sp³-hybridized carbons (Fsp3) is 0.280. The highest BCUT2D eigenvalue weighted by Gasteiger charge is 2.15. The first-order chi connectivity index (χ1) is 15.8. The number of hydrogen-bond acceptors (Lipinski definition) is 7. The molecule has 0 spiro atoms. The van der Waals surface area contributed by atoms with Crippen molar-refractivity contribution in [3.05, 3.63) is 82.2 Å². The number of hydrogen-bond donors (Lipinski definition) is 0. The summed E-state index contributed by atoms with van der Waals surface area (Å²) in [5.41, 5.74) is 5.19. The van der Waals surface area contributed by atoms with Crippen molar-refractivity contribution in [2.45, 2.75) is 33.3 Å². The number of aryl methyl sites for hydroxylation is 1. The molecule has 172 valence electrons. The molecule has 2 aromatic carbocycles. The van der Waals surface area contributed by atoms with E-state index in [2.05, 4.69) is 9.84 Å². The number of methoxy groups -OCH3 is 2. The highest BCUT2D eigenvalue weighted by atomic mass is 16.5. The second kappa shape index (κ2) is 10.6. The van der Waals surface area contributed by atoms with Gasteiger partial charge in [-0.15, -0.1) is 0 Å². The summed E-state index contributed by atoms with van der Waals surface area (Å²) in [6, 6.07) is 13.6. The quantitative estimate of drug-likeness (QED) is 0.381. The van der Waals surface area contributed by atoms with Gasteiger partial charge in [0.05, 0.1) is 36.7 Å². The number of rotatable bonds is 8. The van der Waals surface area contributed by atoms with Gasteiger partial charge in [-0.25, -0.2) is 14.3 Å². The van der Waals surface area contributed by atoms with Gasteiger partial charge in [0, 0.05) is 12.1 Å². The van der Waals surface area contributed by atoms with Crippen molar-refractivity contribution in [2.24, 2.45) is 0 Å². The Balaban J connectivity index is 1.64. The molecular weight excluding hydrogens is 424 g/mol. The Morgan fingerprint density at radius 1 is 0.848 bits per heavy atom. The van der Waals surface area contributed by atoms with Crippen molar-refractivity contribution in [3.8, 4) is 5.69 Å². The van der Waals surface area contributed by atoms with Crippen molar-refractivity contribution in [1.29, 1.82) is 0 Å². The lowest BCUT2D eigenvalue weighted by Gasteiger charge is -2.08. The summed E-state index contributed by atoms with van der Waals surface area (Å²) in [4.78, 5) is 35.4. The first kappa shape index (κ1) is 23.7. The summed E-state index contributed by atoms with van der Waals surface area (Å²) in [5.74, 6) is -1.13. The molecule has 0 amide bonds. The van der Waals surface area contributed by atoms with Gasteiger partial charge in [-0.1, -0.05) is 12.1 Å². The van der Waals surface area contributed by atoms with E-state index in [0.717, 1.165) is 28.2 Å². The maximum Gasteiger partial charge on any atom is 0.338 e. The van der Waals surface area contributed by atoms with E-state index in [1.165, 1.54) is 14.2 Å². The first-order valence-electron chi connectivity index (χ1n) is 10.4. The Morgan fingerprint density at radius 2 is 1.45 bits per heavy atom. The van der Waals surface area contributed by atoms with Crippen LogP contribution in [-0.4, -0.2) is 41.9 Å². The molecule has 0 fully saturated rings. The SMILES string of the molecule is COC(=O)CCc1c(C)nn(-c2ccc(C(=O)OCc3ccc(C(=O)OC)cc3)cc2)c1C. The zero-order valence-electron chi connectivity index (χ0n) is 19.1. The van der Waals surface area contributed by atoms with E-state index < -0.39 is 11.9 Å². The number of ether oxygens (including phenoxy) is 3. The minimum Gasteiger partial charge on any atom is -0.469 e. The van der Waals surface area contributed by atoms with Crippen LogP contribution in [0.4, 0.5) is 0 Å². The van der Waals surface area contributed by atoms with Crippen LogP contribution in [0.2, 0.25) is 0 Å². The maximum absolute atomic E-state index is 12.4. The van der Waals surface area contributed by atoms with Crippen molar-refractivity contribution in [1.82, 2.24) is 9.78 Å². The van der Waals surface area contributed by atoms with Crippen molar-refractivity contribution in [3.63, 3.8) is 0 Å². The molecule has 33 heavy (non-hydrogen) atoms. The van der Waals surface area contributed by atoms with Crippen LogP contribution in [0.5, 0.6) is 0 Å². The van der Waals surface area contributed by atoms with E-state index in [1.807, 2.05) is 13.8 Å². The van der Waals surface area contributed by atoms with E-state index in [9.17, 15) is 14.4 Å². The van der Waals surface area contributed by atoms with Gasteiger partial charge in [-0.2, -0.15) is 5.10 Å². The van der Waals surface area contributed by atoms with Crippen molar-refractivity contribution < 1.29 is 28.6 Å². The van der Waals surface area contributed by atoms with Gasteiger partial charge in [0.15, 0.2) is 0 Å². The van der Waals surface area contributed by atoms with Gasteiger partial charge in [0.1, 0.15) is 6.61 Å². The first-order valence-corrected chi connectivity index (χ1v) is 10.4. The lowest BCUT2D eigenvalue weighted by molar-refractivity contribution is -0.140. The van der Waals surface area contributed by atoms with Gasteiger partial charge >= 0.3 is 17.9 Å². The number of benzene rings is 2. The Morgan fingerprint density at radius 3 is 2.06 bits per heavy atom. The van der Waals surface area contributed by atoms with E-state index in [4.69, 9.17) is 9.47 Å². The lowest BCUT2D eigenvalue weighted by atomic mass is 10.1. The third-order valence-corrected chi connectivity index (χ3v) is 5.34. The highest BCUT2D eigenvalue weighted by Crippen LogP contribution is 2.20. The minimum atomic E-state index is -0.453. The minimum absolute atomic E-state index is 0.0864. The van der Waals surface area contributed by atoms with E-state index >= 15 is 0 Å². The third kappa shape index (κ3) is 5.65. The molecular formula is C25H26N2O6. The molecule has 0 aliphatic heterocycles. The zero-order chi connectivity index (χ0) is 24.0. The predicted molar refractivity (Wildman–Crippen MR) is 120 cm³/mol. The normalized spacial score (nSPS) is 10.5. The summed E-state index contributed by atoms with van der Waals surface area (Å²) in [5, 5.41) is 4.58. The van der Waals surface area contributed by atoms with Crippen LogP contribution in [0.3, 0.4) is 0 Å². The number of esters is 3. The molecule has 0 radical (unpaired) electrons. The highest BCUT2D eigenvalue weighted by molar-refractivity contribution is 5.90. The number of carbonyl (C=O) groups excluding carboxylic acids is 3. The zero-order valence-corrected chi connectivity index (χ0v) is 19.1. The summed E-state index contributed by atoms with van der Waals surface area (Å²) < 4.78 is 16.6. The molecule has 1 heterocycles. The number of nitrogens with zero attached hydrogens (tertiary/aromatic N) is 2. The van der Waals surface area contributed by atoms with Gasteiger partial charge in [-0.05, 0) is 67.8 Å². The Labute approximate surface area is 192 Å². The van der Waals surface area contributed by atoms with Crippen LogP contribution in [0.15, 0.2) is 48.5 Å². The Kier molecular flexibility index (Phi) is 7.61. The molecule has 0 saturated heterocycles. The fourth-order valence-corrected chi connectivity index (χ4v) is 3.44. The van der Waals surface area contributed by atoms with Gasteiger partial charge in [-0.3, -0.25) is 4.79 Å². The van der Waals surface area contributed by atoms with Crippen molar-refractivity contribution in [2.75, 3.05) is 14.2 Å². The topological polar surface area (TPSA) is 96.7 Å². The van der Waals surface area contributed by atoms with Crippen LogP contribution in [0, 0.1) is 13.8 Å². The molecule has 8 heteroatoms. The van der Waals surface area contributed by atoms with E-state index in [0.29, 0.717) is 24.0 Å². The fourth-order valence-electron chi connectivity index (χ4n) is 3.44. The molecule has 0 aliphatic rings. The molecule has 0 saturated carbocycles. The largest absolute Gasteiger partial charge is 0.469 e. The van der Waals surface area contributed by atoms with E-state index in [-0.39, 0.29) is 12.6 Å². The van der Waals surface area contributed by atoms with Crippen LogP contribution in [0.1, 0.15) is 49.7 Å². The summed E-state index contributed by atoms with van der Waals surface area (Å²) >= 11 is 0. The van der Waals surface area contributed by atoms with Gasteiger partial charge < -0.3 is 14.2 Å². The second-order valence-corrected chi connectivity index (χ2v) is 7.45. The number of carbonyl (C=O) groups is 3. The van der Waals surface area contributed by atoms with Crippen LogP contribution in [0.25, 0.3) is 5.69 Å². The lowest BCUT2D eigenvalue weighted by Crippen LogP contribution is -2.07. The molecule has 0 aliphatic carbocycles. The summed E-state index contributed by atoms with van der Waals surface area (Å²) in [6.07, 6.45) is 0.843. The molecule has 0 atom stereocenters. The molecule has 0 unspecified atom stereocenters. The average molecular weight is 450 g/mol. The van der Waals surface area contributed by atoms with Crippen LogP contribution < -0.4 is 0 Å². The van der Waals surface area contributed by atoms with Crippen LogP contribution >= 0.6 is 0 Å². The van der Waals surface area contributed by atoms with Gasteiger partial charge in [0.2, 0.25) is 0 Å². The molecule has 8 nitrogen and oxygen atoms in total. The Hall–Kier alpha value is -3.94. The number of aromatic nitrogens is 2. The third-order valence-electron chi connectivity index (χ3n) is 5.34. The van der Waals surface area contributed by atoms with E-state index in [1.54, 1.807) is 53.2 Å². The second-order valence-electron chi connectivity index (χ2n) is 7.45. The summed E-state index contributed by atoms with van der Waals surface area (Å²) in [6.45, 7) is 3.93. The summed E-state index contributed by atoms with van der Waals surface area (Å²) in [7, 11) is 2.70. The van der Waals surface area contributed by atoms with Crippen molar-refractivity contribution >= 4 is 17.9 Å². The molecule has 3 rings (SSSR count). The average Bonchev–Trinajstić information content (AvgIpc) is 3.13. The predicted octanol–water partition coefficient (Wildman–Crippen LogP) is 3.74. The standard InChI is InChI=1S/C25H26N2O6/c1-16-22(13-14-23(28)31-3)17(2)27(26-16)21-11-9-20(10-12-21)25(30)33-15-18-5-7-19(8-6-18)24(29)32-4/h5-12H,13-15H2,1-4H3. The monoisotopic (exact) mass is 450 g/mol. The molecule has 3 aromatic rings. The molecule has 0 N–H and O–H groups in total. The Bertz CT molecular complexity index is 1150. The van der Waals surface area contributed by atoms with Crippen LogP contribution in [-0.2, 0) is 32.0 Å². The molecule has 0 bridgehead atoms. The maximum atomic E-state index is 12.4. The smallest absolute Gasteiger partial charge is 0.338 e. The van der Waals surface area contributed by atoms with Gasteiger partial charge in [0.25, 0.3) is 0 Å². The molecule has 1 aromatic heterocycles.